The summed E-state index contributed by atoms with van der Waals surface area (Å²) in [6, 6.07) is 4.57. The van der Waals surface area contributed by atoms with Crippen molar-refractivity contribution in [2.45, 2.75) is 38.5 Å². The van der Waals surface area contributed by atoms with Gasteiger partial charge < -0.3 is 10.4 Å². The lowest BCUT2D eigenvalue weighted by atomic mass is 10.0. The second-order valence-corrected chi connectivity index (χ2v) is 6.29. The third kappa shape index (κ3) is 4.89. The van der Waals surface area contributed by atoms with Gasteiger partial charge in [-0.25, -0.2) is 4.79 Å². The molecule has 2 unspecified atom stereocenters. The molecule has 1 aromatic carbocycles. The molecule has 2 N–H and O–H groups in total. The van der Waals surface area contributed by atoms with Crippen LogP contribution in [0.5, 0.6) is 0 Å². The lowest BCUT2D eigenvalue weighted by Crippen LogP contribution is -2.34. The van der Waals surface area contributed by atoms with Gasteiger partial charge in [-0.05, 0) is 25.7 Å². The van der Waals surface area contributed by atoms with Gasteiger partial charge in [-0.1, -0.05) is 36.2 Å². The Hall–Kier alpha value is -1.49. The Labute approximate surface area is 124 Å². The highest BCUT2D eigenvalue weighted by Gasteiger charge is 2.23. The van der Waals surface area contributed by atoms with Gasteiger partial charge in [-0.3, -0.25) is 4.79 Å². The predicted molar refractivity (Wildman–Crippen MR) is 82.0 cm³/mol. The molecule has 1 rings (SSSR count). The standard InChI is InChI=1S/C15H21NO3S/c1-9-5-10(2)7-12(6-9)14(15(18)19)16-13(17)8-11(3)20-4/h5-7,11,14H,8H2,1-4H3,(H,16,17)(H,18,19). The van der Waals surface area contributed by atoms with Gasteiger partial charge in [0.25, 0.3) is 0 Å². The summed E-state index contributed by atoms with van der Waals surface area (Å²) in [5.74, 6) is -1.28. The number of aryl methyl sites for hydroxylation is 2. The van der Waals surface area contributed by atoms with Crippen LogP contribution in [0.2, 0.25) is 0 Å². The Kier molecular flexibility index (Phi) is 6.07. The predicted octanol–water partition coefficient (Wildman–Crippen LogP) is 2.69. The van der Waals surface area contributed by atoms with Crippen LogP contribution in [0.15, 0.2) is 18.2 Å². The Morgan fingerprint density at radius 1 is 1.25 bits per heavy atom. The van der Waals surface area contributed by atoms with Crippen LogP contribution >= 0.6 is 11.8 Å². The van der Waals surface area contributed by atoms with E-state index in [0.29, 0.717) is 12.0 Å². The number of carboxylic acids is 1. The second kappa shape index (κ2) is 7.33. The minimum atomic E-state index is -1.04. The van der Waals surface area contributed by atoms with Gasteiger partial charge in [-0.2, -0.15) is 11.8 Å². The minimum absolute atomic E-state index is 0.170. The van der Waals surface area contributed by atoms with Crippen LogP contribution in [0.1, 0.15) is 36.1 Å². The summed E-state index contributed by atoms with van der Waals surface area (Å²) in [6.07, 6.45) is 2.24. The molecule has 0 radical (unpaired) electrons. The molecule has 2 atom stereocenters. The van der Waals surface area contributed by atoms with E-state index in [0.717, 1.165) is 11.1 Å². The molecule has 4 nitrogen and oxygen atoms in total. The number of carboxylic acid groups (broad SMARTS) is 1. The maximum absolute atomic E-state index is 11.9. The molecule has 0 heterocycles. The summed E-state index contributed by atoms with van der Waals surface area (Å²) in [7, 11) is 0. The van der Waals surface area contributed by atoms with Crippen molar-refractivity contribution in [3.8, 4) is 0 Å². The van der Waals surface area contributed by atoms with Crippen molar-refractivity contribution in [1.29, 1.82) is 0 Å². The fourth-order valence-corrected chi connectivity index (χ4v) is 2.35. The zero-order chi connectivity index (χ0) is 15.3. The van der Waals surface area contributed by atoms with E-state index < -0.39 is 12.0 Å². The number of thioether (sulfide) groups is 1. The number of amides is 1. The Morgan fingerprint density at radius 2 is 1.80 bits per heavy atom. The van der Waals surface area contributed by atoms with Gasteiger partial charge in [-0.15, -0.1) is 0 Å². The van der Waals surface area contributed by atoms with Crippen LogP contribution in [-0.4, -0.2) is 28.5 Å². The van der Waals surface area contributed by atoms with Crippen molar-refractivity contribution >= 4 is 23.6 Å². The van der Waals surface area contributed by atoms with E-state index in [9.17, 15) is 14.7 Å². The number of nitrogens with one attached hydrogen (secondary N) is 1. The maximum atomic E-state index is 11.9. The summed E-state index contributed by atoms with van der Waals surface area (Å²) in [5, 5.41) is 12.1. The number of hydrogen-bond donors (Lipinski definition) is 2. The molecule has 110 valence electrons. The van der Waals surface area contributed by atoms with E-state index in [2.05, 4.69) is 5.32 Å². The Bertz CT molecular complexity index is 482. The van der Waals surface area contributed by atoms with Crippen molar-refractivity contribution in [3.05, 3.63) is 34.9 Å². The summed E-state index contributed by atoms with van der Waals surface area (Å²) >= 11 is 1.58. The molecular formula is C15H21NO3S. The lowest BCUT2D eigenvalue weighted by molar-refractivity contribution is -0.142. The van der Waals surface area contributed by atoms with Gasteiger partial charge in [0.05, 0.1) is 0 Å². The first-order valence-electron chi connectivity index (χ1n) is 6.46. The van der Waals surface area contributed by atoms with Crippen LogP contribution in [-0.2, 0) is 9.59 Å². The molecule has 0 fully saturated rings. The van der Waals surface area contributed by atoms with E-state index in [1.165, 1.54) is 0 Å². The van der Waals surface area contributed by atoms with Crippen LogP contribution in [0.4, 0.5) is 0 Å². The monoisotopic (exact) mass is 295 g/mol. The minimum Gasteiger partial charge on any atom is -0.479 e. The molecular weight excluding hydrogens is 274 g/mol. The highest BCUT2D eigenvalue weighted by Crippen LogP contribution is 2.18. The van der Waals surface area contributed by atoms with Gasteiger partial charge in [0.2, 0.25) is 5.91 Å². The van der Waals surface area contributed by atoms with E-state index in [4.69, 9.17) is 0 Å². The molecule has 0 aliphatic heterocycles. The first kappa shape index (κ1) is 16.6. The molecule has 0 aliphatic carbocycles. The first-order valence-corrected chi connectivity index (χ1v) is 7.75. The number of hydrogen-bond acceptors (Lipinski definition) is 3. The molecule has 1 amide bonds. The van der Waals surface area contributed by atoms with Crippen LogP contribution in [0.25, 0.3) is 0 Å². The van der Waals surface area contributed by atoms with Crippen LogP contribution < -0.4 is 5.32 Å². The SMILES string of the molecule is CSC(C)CC(=O)NC(C(=O)O)c1cc(C)cc(C)c1. The van der Waals surface area contributed by atoms with Gasteiger partial charge in [0, 0.05) is 11.7 Å². The van der Waals surface area contributed by atoms with E-state index in [-0.39, 0.29) is 11.2 Å². The quantitative estimate of drug-likeness (QED) is 0.847. The zero-order valence-corrected chi connectivity index (χ0v) is 13.1. The number of carbonyl (C=O) groups excluding carboxylic acids is 1. The molecule has 0 bridgehead atoms. The molecule has 1 aromatic rings. The summed E-state index contributed by atoms with van der Waals surface area (Å²) in [4.78, 5) is 23.3. The van der Waals surface area contributed by atoms with Gasteiger partial charge in [0.15, 0.2) is 6.04 Å². The second-order valence-electron chi connectivity index (χ2n) is 5.01. The largest absolute Gasteiger partial charge is 0.479 e. The number of carbonyl (C=O) groups is 2. The molecule has 0 spiro atoms. The van der Waals surface area contributed by atoms with Crippen molar-refractivity contribution < 1.29 is 14.7 Å². The summed E-state index contributed by atoms with van der Waals surface area (Å²) in [5.41, 5.74) is 2.58. The van der Waals surface area contributed by atoms with Gasteiger partial charge in [0.1, 0.15) is 0 Å². The Morgan fingerprint density at radius 3 is 2.25 bits per heavy atom. The van der Waals surface area contributed by atoms with Crippen molar-refractivity contribution in [2.75, 3.05) is 6.26 Å². The van der Waals surface area contributed by atoms with Crippen molar-refractivity contribution in [3.63, 3.8) is 0 Å². The highest BCUT2D eigenvalue weighted by molar-refractivity contribution is 7.99. The zero-order valence-electron chi connectivity index (χ0n) is 12.3. The fourth-order valence-electron chi connectivity index (χ4n) is 2.03. The third-order valence-electron chi connectivity index (χ3n) is 3.00. The average Bonchev–Trinajstić information content (AvgIpc) is 2.34. The smallest absolute Gasteiger partial charge is 0.330 e. The van der Waals surface area contributed by atoms with E-state index in [1.807, 2.05) is 33.1 Å². The van der Waals surface area contributed by atoms with Crippen LogP contribution in [0, 0.1) is 13.8 Å². The van der Waals surface area contributed by atoms with E-state index >= 15 is 0 Å². The maximum Gasteiger partial charge on any atom is 0.330 e. The molecule has 20 heavy (non-hydrogen) atoms. The molecule has 0 saturated carbocycles. The lowest BCUT2D eigenvalue weighted by Gasteiger charge is -2.17. The van der Waals surface area contributed by atoms with E-state index in [1.54, 1.807) is 23.9 Å². The number of aliphatic carboxylic acids is 1. The average molecular weight is 295 g/mol. The third-order valence-corrected chi connectivity index (χ3v) is 3.98. The van der Waals surface area contributed by atoms with Crippen molar-refractivity contribution in [1.82, 2.24) is 5.32 Å². The summed E-state index contributed by atoms with van der Waals surface area (Å²) < 4.78 is 0. The normalized spacial score (nSPS) is 13.6. The topological polar surface area (TPSA) is 66.4 Å². The number of benzene rings is 1. The molecule has 5 heteroatoms. The summed E-state index contributed by atoms with van der Waals surface area (Å²) in [6.45, 7) is 5.76. The highest BCUT2D eigenvalue weighted by atomic mass is 32.2. The molecule has 0 aromatic heterocycles. The number of rotatable bonds is 6. The molecule has 0 aliphatic rings. The first-order chi connectivity index (χ1) is 9.33. The van der Waals surface area contributed by atoms with Crippen molar-refractivity contribution in [2.24, 2.45) is 0 Å². The molecule has 0 saturated heterocycles. The Balaban J connectivity index is 2.89. The van der Waals surface area contributed by atoms with Gasteiger partial charge >= 0.3 is 5.97 Å². The fraction of sp³-hybridized carbons (Fsp3) is 0.467. The van der Waals surface area contributed by atoms with Crippen LogP contribution in [0.3, 0.4) is 0 Å².